The summed E-state index contributed by atoms with van der Waals surface area (Å²) in [4.78, 5) is 13.4. The number of nitrogens with zero attached hydrogens (tertiary/aromatic N) is 1. The number of carbonyl (C=O) groups excluding carboxylic acids is 1. The third-order valence-corrected chi connectivity index (χ3v) is 2.78. The van der Waals surface area contributed by atoms with Gasteiger partial charge in [0.25, 0.3) is 0 Å². The number of amides is 2. The molecule has 0 radical (unpaired) electrons. The number of aliphatic hydroxyl groups is 1. The van der Waals surface area contributed by atoms with Gasteiger partial charge in [-0.1, -0.05) is 12.1 Å². The van der Waals surface area contributed by atoms with E-state index in [4.69, 9.17) is 4.74 Å². The van der Waals surface area contributed by atoms with Crippen LogP contribution in [-0.2, 0) is 0 Å². The first-order chi connectivity index (χ1) is 8.52. The van der Waals surface area contributed by atoms with E-state index in [0.717, 1.165) is 0 Å². The van der Waals surface area contributed by atoms with Crippen molar-refractivity contribution in [3.05, 3.63) is 24.3 Å². The fourth-order valence-electron chi connectivity index (χ4n) is 1.97. The van der Waals surface area contributed by atoms with Crippen molar-refractivity contribution >= 4 is 11.7 Å². The molecule has 1 aromatic carbocycles. The van der Waals surface area contributed by atoms with Crippen LogP contribution >= 0.6 is 0 Å². The molecule has 0 aromatic heterocycles. The molecule has 0 spiro atoms. The topological polar surface area (TPSA) is 61.8 Å². The number of benzene rings is 1. The lowest BCUT2D eigenvalue weighted by molar-refractivity contribution is -0.0581. The van der Waals surface area contributed by atoms with Crippen molar-refractivity contribution in [2.24, 2.45) is 0 Å². The van der Waals surface area contributed by atoms with Crippen molar-refractivity contribution in [3.8, 4) is 5.75 Å². The maximum Gasteiger partial charge on any atom is 0.322 e. The fraction of sp³-hybridized carbons (Fsp3) is 0.462. The van der Waals surface area contributed by atoms with Gasteiger partial charge in [0.05, 0.1) is 31.0 Å². The standard InChI is InChI=1S/C13H18N2O3/c1-3-18-11-7-5-4-6-10(11)14-12(16)15-8-13(2,17)9-15/h4-7,17H,3,8-9H2,1-2H3,(H,14,16). The highest BCUT2D eigenvalue weighted by molar-refractivity contribution is 5.91. The second-order valence-corrected chi connectivity index (χ2v) is 4.71. The van der Waals surface area contributed by atoms with Gasteiger partial charge in [0.15, 0.2) is 0 Å². The Kier molecular flexibility index (Phi) is 3.43. The van der Waals surface area contributed by atoms with Crippen LogP contribution in [0.4, 0.5) is 10.5 Å². The molecule has 0 atom stereocenters. The highest BCUT2D eigenvalue weighted by Crippen LogP contribution is 2.26. The van der Waals surface area contributed by atoms with Crippen LogP contribution in [-0.4, -0.2) is 41.3 Å². The average molecular weight is 250 g/mol. The molecule has 1 fully saturated rings. The molecule has 1 aliphatic rings. The SMILES string of the molecule is CCOc1ccccc1NC(=O)N1CC(C)(O)C1. The number of para-hydroxylation sites is 2. The number of rotatable bonds is 3. The van der Waals surface area contributed by atoms with Crippen LogP contribution < -0.4 is 10.1 Å². The summed E-state index contributed by atoms with van der Waals surface area (Å²) >= 11 is 0. The Morgan fingerprint density at radius 2 is 2.17 bits per heavy atom. The van der Waals surface area contributed by atoms with Crippen LogP contribution in [0.25, 0.3) is 0 Å². The number of hydrogen-bond acceptors (Lipinski definition) is 3. The largest absolute Gasteiger partial charge is 0.492 e. The molecule has 1 aliphatic heterocycles. The quantitative estimate of drug-likeness (QED) is 0.858. The Morgan fingerprint density at radius 1 is 1.50 bits per heavy atom. The summed E-state index contributed by atoms with van der Waals surface area (Å²) < 4.78 is 5.43. The molecule has 18 heavy (non-hydrogen) atoms. The molecule has 1 aromatic rings. The molecule has 2 N–H and O–H groups in total. The van der Waals surface area contributed by atoms with Crippen molar-refractivity contribution in [2.45, 2.75) is 19.4 Å². The first-order valence-electron chi connectivity index (χ1n) is 6.02. The predicted octanol–water partition coefficient (Wildman–Crippen LogP) is 1.68. The number of anilines is 1. The summed E-state index contributed by atoms with van der Waals surface area (Å²) in [5, 5.41) is 12.4. The van der Waals surface area contributed by atoms with E-state index in [1.165, 1.54) is 0 Å². The number of β-amino-alcohol motifs (C(OH)–C–C–N with tert-alkyl or cyclic N) is 1. The molecule has 0 unspecified atom stereocenters. The molecule has 0 saturated carbocycles. The van der Waals surface area contributed by atoms with Gasteiger partial charge in [-0.3, -0.25) is 0 Å². The van der Waals surface area contributed by atoms with Gasteiger partial charge in [-0.05, 0) is 26.0 Å². The van der Waals surface area contributed by atoms with Gasteiger partial charge in [-0.2, -0.15) is 0 Å². The van der Waals surface area contributed by atoms with Crippen LogP contribution in [0.3, 0.4) is 0 Å². The Bertz CT molecular complexity index is 438. The molecule has 1 saturated heterocycles. The van der Waals surface area contributed by atoms with Gasteiger partial charge < -0.3 is 20.1 Å². The zero-order valence-corrected chi connectivity index (χ0v) is 10.6. The van der Waals surface area contributed by atoms with E-state index < -0.39 is 5.60 Å². The van der Waals surface area contributed by atoms with E-state index in [1.54, 1.807) is 17.9 Å². The summed E-state index contributed by atoms with van der Waals surface area (Å²) in [5.41, 5.74) is -0.104. The Morgan fingerprint density at radius 3 is 2.78 bits per heavy atom. The van der Waals surface area contributed by atoms with Crippen molar-refractivity contribution in [1.29, 1.82) is 0 Å². The fourth-order valence-corrected chi connectivity index (χ4v) is 1.97. The lowest BCUT2D eigenvalue weighted by atomic mass is 9.98. The molecule has 1 heterocycles. The van der Waals surface area contributed by atoms with E-state index >= 15 is 0 Å². The van der Waals surface area contributed by atoms with Crippen LogP contribution in [0.5, 0.6) is 5.75 Å². The summed E-state index contributed by atoms with van der Waals surface area (Å²) in [6.07, 6.45) is 0. The van der Waals surface area contributed by atoms with Gasteiger partial charge in [0, 0.05) is 0 Å². The molecule has 2 amide bonds. The molecule has 0 bridgehead atoms. The van der Waals surface area contributed by atoms with Crippen LogP contribution in [0.1, 0.15) is 13.8 Å². The molecule has 5 nitrogen and oxygen atoms in total. The highest BCUT2D eigenvalue weighted by atomic mass is 16.5. The first-order valence-corrected chi connectivity index (χ1v) is 6.02. The smallest absolute Gasteiger partial charge is 0.322 e. The lowest BCUT2D eigenvalue weighted by Gasteiger charge is -2.43. The first kappa shape index (κ1) is 12.7. The number of ether oxygens (including phenoxy) is 1. The summed E-state index contributed by atoms with van der Waals surface area (Å²) in [7, 11) is 0. The third-order valence-electron chi connectivity index (χ3n) is 2.78. The Labute approximate surface area is 106 Å². The van der Waals surface area contributed by atoms with Gasteiger partial charge in [0.2, 0.25) is 0 Å². The minimum atomic E-state index is -0.753. The number of carbonyl (C=O) groups is 1. The molecule has 5 heteroatoms. The van der Waals surface area contributed by atoms with Gasteiger partial charge in [-0.15, -0.1) is 0 Å². The normalized spacial score (nSPS) is 16.9. The highest BCUT2D eigenvalue weighted by Gasteiger charge is 2.39. The Hall–Kier alpha value is -1.75. The molecule has 0 aliphatic carbocycles. The van der Waals surface area contributed by atoms with Crippen molar-refractivity contribution in [3.63, 3.8) is 0 Å². The van der Waals surface area contributed by atoms with Gasteiger partial charge >= 0.3 is 6.03 Å². The maximum atomic E-state index is 11.9. The van der Waals surface area contributed by atoms with E-state index in [9.17, 15) is 9.90 Å². The monoisotopic (exact) mass is 250 g/mol. The van der Waals surface area contributed by atoms with E-state index in [2.05, 4.69) is 5.32 Å². The van der Waals surface area contributed by atoms with Crippen molar-refractivity contribution in [2.75, 3.05) is 25.0 Å². The minimum absolute atomic E-state index is 0.214. The third kappa shape index (κ3) is 2.73. The Balaban J connectivity index is 1.99. The summed E-state index contributed by atoms with van der Waals surface area (Å²) in [6.45, 7) is 4.87. The zero-order chi connectivity index (χ0) is 13.2. The minimum Gasteiger partial charge on any atom is -0.492 e. The number of urea groups is 1. The van der Waals surface area contributed by atoms with Gasteiger partial charge in [0.1, 0.15) is 5.75 Å². The summed E-state index contributed by atoms with van der Waals surface area (Å²) in [5.74, 6) is 0.653. The number of hydrogen-bond donors (Lipinski definition) is 2. The molecule has 2 rings (SSSR count). The van der Waals surface area contributed by atoms with E-state index in [1.807, 2.05) is 25.1 Å². The zero-order valence-electron chi connectivity index (χ0n) is 10.6. The number of nitrogens with one attached hydrogen (secondary N) is 1. The van der Waals surface area contributed by atoms with Gasteiger partial charge in [-0.25, -0.2) is 4.79 Å². The van der Waals surface area contributed by atoms with Crippen LogP contribution in [0, 0.1) is 0 Å². The van der Waals surface area contributed by atoms with E-state index in [0.29, 0.717) is 31.1 Å². The molecular formula is C13H18N2O3. The van der Waals surface area contributed by atoms with Crippen molar-refractivity contribution < 1.29 is 14.6 Å². The van der Waals surface area contributed by atoms with E-state index in [-0.39, 0.29) is 6.03 Å². The van der Waals surface area contributed by atoms with Crippen LogP contribution in [0.2, 0.25) is 0 Å². The molecule has 98 valence electrons. The number of likely N-dealkylation sites (tertiary alicyclic amines) is 1. The van der Waals surface area contributed by atoms with Crippen LogP contribution in [0.15, 0.2) is 24.3 Å². The average Bonchev–Trinajstić information content (AvgIpc) is 2.28. The van der Waals surface area contributed by atoms with Crippen molar-refractivity contribution in [1.82, 2.24) is 4.90 Å². The second-order valence-electron chi connectivity index (χ2n) is 4.71. The predicted molar refractivity (Wildman–Crippen MR) is 68.8 cm³/mol. The lowest BCUT2D eigenvalue weighted by Crippen LogP contribution is -2.62. The summed E-state index contributed by atoms with van der Waals surface area (Å²) in [6, 6.07) is 7.08. The maximum absolute atomic E-state index is 11.9. The second kappa shape index (κ2) is 4.86. The molecular weight excluding hydrogens is 232 g/mol.